The van der Waals surface area contributed by atoms with Crippen molar-refractivity contribution in [1.29, 1.82) is 0 Å². The fourth-order valence-electron chi connectivity index (χ4n) is 1.98. The Bertz CT molecular complexity index is 456. The van der Waals surface area contributed by atoms with Crippen LogP contribution in [0, 0.1) is 0 Å². The molecule has 1 aromatic carbocycles. The van der Waals surface area contributed by atoms with Crippen LogP contribution in [0.25, 0.3) is 0 Å². The number of ether oxygens (including phenoxy) is 1. The molecule has 1 amide bonds. The van der Waals surface area contributed by atoms with Crippen LogP contribution in [0.3, 0.4) is 0 Å². The lowest BCUT2D eigenvalue weighted by molar-refractivity contribution is 0.0662. The van der Waals surface area contributed by atoms with Crippen molar-refractivity contribution in [3.63, 3.8) is 0 Å². The second kappa shape index (κ2) is 5.90. The van der Waals surface area contributed by atoms with Gasteiger partial charge in [0.05, 0.1) is 12.8 Å². The van der Waals surface area contributed by atoms with Gasteiger partial charge in [-0.05, 0) is 25.2 Å². The molecule has 1 fully saturated rings. The molecule has 1 saturated heterocycles. The molecule has 6 nitrogen and oxygen atoms in total. The summed E-state index contributed by atoms with van der Waals surface area (Å²) in [7, 11) is 3.61. The molecule has 0 spiro atoms. The maximum absolute atomic E-state index is 12.1. The van der Waals surface area contributed by atoms with Crippen molar-refractivity contribution in [3.05, 3.63) is 23.8 Å². The van der Waals surface area contributed by atoms with E-state index in [-0.39, 0.29) is 5.91 Å². The Morgan fingerprint density at radius 2 is 2.00 bits per heavy atom. The average Bonchev–Trinajstić information content (AvgIpc) is 2.42. The third-order valence-electron chi connectivity index (χ3n) is 3.26. The number of amides is 1. The lowest BCUT2D eigenvalue weighted by Crippen LogP contribution is -2.52. The minimum Gasteiger partial charge on any atom is -0.495 e. The highest BCUT2D eigenvalue weighted by molar-refractivity contribution is 5.94. The number of carbonyl (C=O) groups is 1. The summed E-state index contributed by atoms with van der Waals surface area (Å²) in [5.74, 6) is 0.383. The molecule has 1 aliphatic heterocycles. The summed E-state index contributed by atoms with van der Waals surface area (Å²) in [5.41, 5.74) is 9.70. The fourth-order valence-corrected chi connectivity index (χ4v) is 1.98. The smallest absolute Gasteiger partial charge is 0.265 e. The molecule has 0 bridgehead atoms. The fraction of sp³-hybridized carbons (Fsp3) is 0.462. The van der Waals surface area contributed by atoms with E-state index in [4.69, 9.17) is 10.5 Å². The zero-order valence-electron chi connectivity index (χ0n) is 11.3. The second-order valence-electron chi connectivity index (χ2n) is 4.69. The molecule has 19 heavy (non-hydrogen) atoms. The number of piperazine rings is 1. The first-order chi connectivity index (χ1) is 9.10. The van der Waals surface area contributed by atoms with Gasteiger partial charge in [0.1, 0.15) is 5.75 Å². The maximum atomic E-state index is 12.1. The molecular formula is C13H20N4O2. The van der Waals surface area contributed by atoms with E-state index in [1.165, 1.54) is 7.11 Å². The number of rotatable bonds is 3. The number of nitrogen functional groups attached to an aromatic ring is 1. The van der Waals surface area contributed by atoms with Gasteiger partial charge < -0.3 is 15.4 Å². The number of methoxy groups -OCH3 is 1. The van der Waals surface area contributed by atoms with Crippen LogP contribution in [0.2, 0.25) is 0 Å². The highest BCUT2D eigenvalue weighted by atomic mass is 16.5. The normalized spacial score (nSPS) is 17.2. The van der Waals surface area contributed by atoms with E-state index >= 15 is 0 Å². The summed E-state index contributed by atoms with van der Waals surface area (Å²) in [6, 6.07) is 5.03. The van der Waals surface area contributed by atoms with Gasteiger partial charge >= 0.3 is 0 Å². The predicted molar refractivity (Wildman–Crippen MR) is 73.9 cm³/mol. The molecule has 0 saturated carbocycles. The largest absolute Gasteiger partial charge is 0.495 e. The van der Waals surface area contributed by atoms with Gasteiger partial charge in [-0.2, -0.15) is 0 Å². The van der Waals surface area contributed by atoms with Crippen LogP contribution in [0.1, 0.15) is 10.4 Å². The number of hydrazine groups is 1. The zero-order chi connectivity index (χ0) is 13.8. The molecule has 0 aromatic heterocycles. The highest BCUT2D eigenvalue weighted by Gasteiger charge is 2.17. The van der Waals surface area contributed by atoms with E-state index in [0.717, 1.165) is 26.2 Å². The minimum absolute atomic E-state index is 0.136. The van der Waals surface area contributed by atoms with Gasteiger partial charge in [-0.25, -0.2) is 5.01 Å². The standard InChI is InChI=1S/C13H20N4O2/c1-16-5-7-17(8-6-16)15-13(18)10-3-4-11(14)12(9-10)19-2/h3-4,9H,5-8,14H2,1-2H3,(H,15,18). The number of nitrogens with zero attached hydrogens (tertiary/aromatic N) is 2. The Balaban J connectivity index is 2.00. The van der Waals surface area contributed by atoms with Crippen molar-refractivity contribution < 1.29 is 9.53 Å². The number of nitrogens with two attached hydrogens (primary N) is 1. The number of carbonyl (C=O) groups excluding carboxylic acids is 1. The lowest BCUT2D eigenvalue weighted by Gasteiger charge is -2.32. The Morgan fingerprint density at radius 1 is 1.32 bits per heavy atom. The van der Waals surface area contributed by atoms with E-state index in [2.05, 4.69) is 17.4 Å². The molecule has 6 heteroatoms. The number of hydrogen-bond donors (Lipinski definition) is 2. The molecule has 1 aliphatic rings. The summed E-state index contributed by atoms with van der Waals surface area (Å²) >= 11 is 0. The topological polar surface area (TPSA) is 70.8 Å². The van der Waals surface area contributed by atoms with Crippen molar-refractivity contribution in [2.24, 2.45) is 0 Å². The Morgan fingerprint density at radius 3 is 2.63 bits per heavy atom. The molecule has 2 rings (SSSR count). The first-order valence-electron chi connectivity index (χ1n) is 6.28. The van der Waals surface area contributed by atoms with Gasteiger partial charge in [-0.15, -0.1) is 0 Å². The molecule has 0 unspecified atom stereocenters. The van der Waals surface area contributed by atoms with Crippen LogP contribution in [-0.2, 0) is 0 Å². The van der Waals surface area contributed by atoms with Gasteiger partial charge in [-0.3, -0.25) is 10.2 Å². The Hall–Kier alpha value is -1.79. The van der Waals surface area contributed by atoms with Gasteiger partial charge in [0, 0.05) is 31.7 Å². The average molecular weight is 264 g/mol. The second-order valence-corrected chi connectivity index (χ2v) is 4.69. The van der Waals surface area contributed by atoms with Gasteiger partial charge in [0.15, 0.2) is 0 Å². The molecule has 1 heterocycles. The Kier molecular flexibility index (Phi) is 4.24. The summed E-state index contributed by atoms with van der Waals surface area (Å²) in [6.07, 6.45) is 0. The van der Waals surface area contributed by atoms with Gasteiger partial charge in [0.2, 0.25) is 0 Å². The van der Waals surface area contributed by atoms with Crippen LogP contribution in [0.15, 0.2) is 18.2 Å². The number of hydrogen-bond acceptors (Lipinski definition) is 5. The van der Waals surface area contributed by atoms with Crippen LogP contribution in [0.5, 0.6) is 5.75 Å². The molecule has 0 atom stereocenters. The van der Waals surface area contributed by atoms with Crippen molar-refractivity contribution >= 4 is 11.6 Å². The summed E-state index contributed by atoms with van der Waals surface area (Å²) in [4.78, 5) is 14.3. The Labute approximate surface area is 113 Å². The van der Waals surface area contributed by atoms with Crippen LogP contribution in [-0.4, -0.2) is 56.2 Å². The number of likely N-dealkylation sites (N-methyl/N-ethyl adjacent to an activating group) is 1. The molecule has 104 valence electrons. The number of benzene rings is 1. The lowest BCUT2D eigenvalue weighted by atomic mass is 10.2. The van der Waals surface area contributed by atoms with Crippen molar-refractivity contribution in [1.82, 2.24) is 15.3 Å². The summed E-state index contributed by atoms with van der Waals surface area (Å²) in [6.45, 7) is 3.55. The van der Waals surface area contributed by atoms with E-state index in [9.17, 15) is 4.79 Å². The van der Waals surface area contributed by atoms with Crippen LogP contribution in [0.4, 0.5) is 5.69 Å². The molecular weight excluding hydrogens is 244 g/mol. The molecule has 0 radical (unpaired) electrons. The third-order valence-corrected chi connectivity index (χ3v) is 3.26. The highest BCUT2D eigenvalue weighted by Crippen LogP contribution is 2.22. The van der Waals surface area contributed by atoms with Gasteiger partial charge in [0.25, 0.3) is 5.91 Å². The van der Waals surface area contributed by atoms with E-state index < -0.39 is 0 Å². The first kappa shape index (κ1) is 13.6. The first-order valence-corrected chi connectivity index (χ1v) is 6.28. The third kappa shape index (κ3) is 3.36. The molecule has 1 aromatic rings. The molecule has 0 aliphatic carbocycles. The SMILES string of the molecule is COc1cc(C(=O)NN2CCN(C)CC2)ccc1N. The van der Waals surface area contributed by atoms with Crippen molar-refractivity contribution in [2.45, 2.75) is 0 Å². The van der Waals surface area contributed by atoms with E-state index in [1.54, 1.807) is 18.2 Å². The van der Waals surface area contributed by atoms with Gasteiger partial charge in [-0.1, -0.05) is 0 Å². The summed E-state index contributed by atoms with van der Waals surface area (Å²) in [5, 5.41) is 1.94. The minimum atomic E-state index is -0.136. The van der Waals surface area contributed by atoms with Crippen molar-refractivity contribution in [2.75, 3.05) is 46.1 Å². The number of anilines is 1. The zero-order valence-corrected chi connectivity index (χ0v) is 11.3. The maximum Gasteiger partial charge on any atom is 0.265 e. The number of nitrogens with one attached hydrogen (secondary N) is 1. The van der Waals surface area contributed by atoms with E-state index in [0.29, 0.717) is 17.0 Å². The molecule has 3 N–H and O–H groups in total. The van der Waals surface area contributed by atoms with Crippen molar-refractivity contribution in [3.8, 4) is 5.75 Å². The quantitative estimate of drug-likeness (QED) is 0.762. The van der Waals surface area contributed by atoms with Crippen LogP contribution >= 0.6 is 0 Å². The van der Waals surface area contributed by atoms with E-state index in [1.807, 2.05) is 5.01 Å². The van der Waals surface area contributed by atoms with Crippen LogP contribution < -0.4 is 15.9 Å². The monoisotopic (exact) mass is 264 g/mol. The predicted octanol–water partition coefficient (Wildman–Crippen LogP) is 0.170. The summed E-state index contributed by atoms with van der Waals surface area (Å²) < 4.78 is 5.11.